The number of aliphatic imine (C=N–C) groups is 1. The summed E-state index contributed by atoms with van der Waals surface area (Å²) in [5.41, 5.74) is 3.76. The standard InChI is InChI=1S/C20H29F2N5.HI/c1-6-23-20(24-11-10-16-8-7-9-18(21)19(16)22)25-13(2)12-17-14(3)26-27(5)15(17)4;/h7-9,13H,6,10-12H2,1-5H3,(H2,23,24,25);1H. The van der Waals surface area contributed by atoms with E-state index in [0.717, 1.165) is 30.4 Å². The molecule has 1 atom stereocenters. The second-order valence-electron chi connectivity index (χ2n) is 6.75. The van der Waals surface area contributed by atoms with Crippen LogP contribution in [-0.4, -0.2) is 34.9 Å². The van der Waals surface area contributed by atoms with Crippen molar-refractivity contribution in [3.05, 3.63) is 52.3 Å². The zero-order valence-corrected chi connectivity index (χ0v) is 19.5. The van der Waals surface area contributed by atoms with E-state index in [-0.39, 0.29) is 30.0 Å². The molecule has 0 bridgehead atoms. The highest BCUT2D eigenvalue weighted by atomic mass is 127. The van der Waals surface area contributed by atoms with E-state index in [1.54, 1.807) is 6.07 Å². The Kier molecular flexibility index (Phi) is 9.84. The molecule has 0 amide bonds. The first-order valence-corrected chi connectivity index (χ1v) is 9.30. The molecule has 2 N–H and O–H groups in total. The van der Waals surface area contributed by atoms with Crippen LogP contribution in [0.5, 0.6) is 0 Å². The number of halogens is 3. The largest absolute Gasteiger partial charge is 0.357 e. The Bertz CT molecular complexity index is 804. The minimum atomic E-state index is -0.822. The lowest BCUT2D eigenvalue weighted by Crippen LogP contribution is -2.43. The maximum atomic E-state index is 13.7. The van der Waals surface area contributed by atoms with Gasteiger partial charge in [0.15, 0.2) is 17.6 Å². The van der Waals surface area contributed by atoms with E-state index < -0.39 is 11.6 Å². The third-order valence-corrected chi connectivity index (χ3v) is 4.58. The van der Waals surface area contributed by atoms with Gasteiger partial charge >= 0.3 is 0 Å². The van der Waals surface area contributed by atoms with Gasteiger partial charge in [0.1, 0.15) is 0 Å². The van der Waals surface area contributed by atoms with Gasteiger partial charge in [0.05, 0.1) is 5.69 Å². The lowest BCUT2D eigenvalue weighted by atomic mass is 10.1. The predicted octanol–water partition coefficient (Wildman–Crippen LogP) is 3.66. The molecule has 1 unspecified atom stereocenters. The summed E-state index contributed by atoms with van der Waals surface area (Å²) in [6.45, 7) is 9.25. The Labute approximate surface area is 183 Å². The summed E-state index contributed by atoms with van der Waals surface area (Å²) in [6.07, 6.45) is 1.17. The predicted molar refractivity (Wildman–Crippen MR) is 120 cm³/mol. The van der Waals surface area contributed by atoms with Crippen LogP contribution >= 0.6 is 24.0 Å². The first-order valence-electron chi connectivity index (χ1n) is 9.30. The number of hydrogen-bond donors (Lipinski definition) is 2. The number of nitrogens with one attached hydrogen (secondary N) is 2. The zero-order chi connectivity index (χ0) is 20.0. The number of guanidine groups is 1. The van der Waals surface area contributed by atoms with Gasteiger partial charge < -0.3 is 10.6 Å². The fraction of sp³-hybridized carbons (Fsp3) is 0.500. The molecule has 1 aromatic carbocycles. The van der Waals surface area contributed by atoms with Crippen molar-refractivity contribution in [1.82, 2.24) is 20.4 Å². The summed E-state index contributed by atoms with van der Waals surface area (Å²) in [5.74, 6) is -0.945. The summed E-state index contributed by atoms with van der Waals surface area (Å²) < 4.78 is 28.9. The fourth-order valence-electron chi connectivity index (χ4n) is 3.05. The molecule has 0 aliphatic heterocycles. The van der Waals surface area contributed by atoms with Crippen LogP contribution in [0, 0.1) is 25.5 Å². The number of aryl methyl sites for hydroxylation is 2. The number of benzene rings is 1. The van der Waals surface area contributed by atoms with Crippen molar-refractivity contribution in [3.63, 3.8) is 0 Å². The normalized spacial score (nSPS) is 12.5. The molecular formula is C20H30F2IN5. The lowest BCUT2D eigenvalue weighted by molar-refractivity contribution is 0.499. The maximum absolute atomic E-state index is 13.7. The molecule has 0 aliphatic carbocycles. The van der Waals surface area contributed by atoms with Crippen molar-refractivity contribution in [2.45, 2.75) is 46.6 Å². The van der Waals surface area contributed by atoms with Gasteiger partial charge in [-0.25, -0.2) is 8.78 Å². The van der Waals surface area contributed by atoms with Crippen LogP contribution < -0.4 is 10.6 Å². The monoisotopic (exact) mass is 505 g/mol. The molecule has 0 fully saturated rings. The van der Waals surface area contributed by atoms with Gasteiger partial charge in [0.25, 0.3) is 0 Å². The summed E-state index contributed by atoms with van der Waals surface area (Å²) >= 11 is 0. The van der Waals surface area contributed by atoms with E-state index >= 15 is 0 Å². The van der Waals surface area contributed by atoms with Crippen LogP contribution in [0.15, 0.2) is 23.2 Å². The number of rotatable bonds is 7. The molecule has 0 aliphatic rings. The van der Waals surface area contributed by atoms with Crippen LogP contribution in [0.25, 0.3) is 0 Å². The molecular weight excluding hydrogens is 475 g/mol. The highest BCUT2D eigenvalue weighted by Gasteiger charge is 2.14. The van der Waals surface area contributed by atoms with Gasteiger partial charge in [0.2, 0.25) is 0 Å². The highest BCUT2D eigenvalue weighted by Crippen LogP contribution is 2.14. The molecule has 1 heterocycles. The smallest absolute Gasteiger partial charge is 0.191 e. The molecule has 28 heavy (non-hydrogen) atoms. The van der Waals surface area contributed by atoms with Gasteiger partial charge in [0, 0.05) is 31.9 Å². The Morgan fingerprint density at radius 2 is 2.00 bits per heavy atom. The van der Waals surface area contributed by atoms with Crippen molar-refractivity contribution in [1.29, 1.82) is 0 Å². The third-order valence-electron chi connectivity index (χ3n) is 4.58. The molecule has 8 heteroatoms. The van der Waals surface area contributed by atoms with Gasteiger partial charge in [-0.05, 0) is 57.7 Å². The first kappa shape index (κ1) is 24.3. The third kappa shape index (κ3) is 6.42. The average molecular weight is 505 g/mol. The van der Waals surface area contributed by atoms with Gasteiger partial charge in [-0.3, -0.25) is 9.67 Å². The van der Waals surface area contributed by atoms with Crippen LogP contribution in [0.1, 0.15) is 36.4 Å². The van der Waals surface area contributed by atoms with E-state index in [4.69, 9.17) is 0 Å². The van der Waals surface area contributed by atoms with Crippen molar-refractivity contribution < 1.29 is 8.78 Å². The molecule has 0 saturated carbocycles. The quantitative estimate of drug-likeness (QED) is 0.343. The first-order chi connectivity index (χ1) is 12.8. The van der Waals surface area contributed by atoms with E-state index in [1.165, 1.54) is 11.6 Å². The molecule has 5 nitrogen and oxygen atoms in total. The van der Waals surface area contributed by atoms with Crippen molar-refractivity contribution in [2.24, 2.45) is 12.0 Å². The summed E-state index contributed by atoms with van der Waals surface area (Å²) in [4.78, 5) is 4.50. The molecule has 2 aromatic rings. The second-order valence-corrected chi connectivity index (χ2v) is 6.75. The van der Waals surface area contributed by atoms with Crippen molar-refractivity contribution in [3.8, 4) is 0 Å². The topological polar surface area (TPSA) is 54.2 Å². The van der Waals surface area contributed by atoms with E-state index in [0.29, 0.717) is 24.5 Å². The van der Waals surface area contributed by atoms with Crippen LogP contribution in [0.2, 0.25) is 0 Å². The Morgan fingerprint density at radius 1 is 1.29 bits per heavy atom. The van der Waals surface area contributed by atoms with E-state index in [2.05, 4.69) is 34.6 Å². The number of hydrogen-bond acceptors (Lipinski definition) is 2. The maximum Gasteiger partial charge on any atom is 0.191 e. The Hall–Kier alpha value is -1.71. The van der Waals surface area contributed by atoms with Crippen LogP contribution in [0.4, 0.5) is 8.78 Å². The lowest BCUT2D eigenvalue weighted by Gasteiger charge is -2.18. The molecule has 1 aromatic heterocycles. The van der Waals surface area contributed by atoms with Crippen molar-refractivity contribution >= 4 is 29.9 Å². The summed E-state index contributed by atoms with van der Waals surface area (Å²) in [6, 6.07) is 4.37. The zero-order valence-electron chi connectivity index (χ0n) is 17.1. The average Bonchev–Trinajstić information content (AvgIpc) is 2.85. The van der Waals surface area contributed by atoms with E-state index in [9.17, 15) is 8.78 Å². The highest BCUT2D eigenvalue weighted by molar-refractivity contribution is 14.0. The van der Waals surface area contributed by atoms with Gasteiger partial charge in [-0.2, -0.15) is 5.10 Å². The number of aromatic nitrogens is 2. The van der Waals surface area contributed by atoms with Crippen LogP contribution in [0.3, 0.4) is 0 Å². The second kappa shape index (κ2) is 11.3. The summed E-state index contributed by atoms with van der Waals surface area (Å²) in [7, 11) is 1.95. The Morgan fingerprint density at radius 3 is 2.61 bits per heavy atom. The molecule has 2 rings (SSSR count). The van der Waals surface area contributed by atoms with Crippen LogP contribution in [-0.2, 0) is 19.9 Å². The van der Waals surface area contributed by atoms with Gasteiger partial charge in [-0.1, -0.05) is 12.1 Å². The van der Waals surface area contributed by atoms with Crippen molar-refractivity contribution in [2.75, 3.05) is 13.1 Å². The minimum Gasteiger partial charge on any atom is -0.357 e. The molecule has 0 radical (unpaired) electrons. The SMILES string of the molecule is CCNC(=NCCc1cccc(F)c1F)NC(C)Cc1c(C)nn(C)c1C.I. The molecule has 0 saturated heterocycles. The fourth-order valence-corrected chi connectivity index (χ4v) is 3.05. The van der Waals surface area contributed by atoms with Gasteiger partial charge in [-0.15, -0.1) is 24.0 Å². The molecule has 0 spiro atoms. The van der Waals surface area contributed by atoms with E-state index in [1.807, 2.05) is 25.6 Å². The minimum absolute atomic E-state index is 0. The molecule has 156 valence electrons. The number of nitrogens with zero attached hydrogens (tertiary/aromatic N) is 3. The summed E-state index contributed by atoms with van der Waals surface area (Å²) in [5, 5.41) is 11.0. The Balaban J connectivity index is 0.00000392.